The van der Waals surface area contributed by atoms with Crippen LogP contribution in [-0.4, -0.2) is 18.4 Å². The maximum atomic E-state index is 12.5. The summed E-state index contributed by atoms with van der Waals surface area (Å²) in [6.07, 6.45) is 1.04. The molecule has 3 aromatic rings. The van der Waals surface area contributed by atoms with Crippen LogP contribution in [0.1, 0.15) is 52.5 Å². The van der Waals surface area contributed by atoms with Crippen LogP contribution in [0.4, 0.5) is 0 Å². The zero-order chi connectivity index (χ0) is 20.6. The second-order valence-corrected chi connectivity index (χ2v) is 6.84. The maximum absolute atomic E-state index is 12.5. The molecule has 148 valence electrons. The Kier molecular flexibility index (Phi) is 6.80. The number of para-hydroxylation sites is 2. The van der Waals surface area contributed by atoms with E-state index in [0.717, 1.165) is 6.42 Å². The summed E-state index contributed by atoms with van der Waals surface area (Å²) in [5, 5.41) is 0. The van der Waals surface area contributed by atoms with E-state index in [0.29, 0.717) is 23.0 Å². The predicted octanol–water partition coefficient (Wildman–Crippen LogP) is 6.03. The molecule has 0 bridgehead atoms. The largest absolute Gasteiger partial charge is 0.456 e. The average Bonchev–Trinajstić information content (AvgIpc) is 2.78. The molecule has 0 aliphatic rings. The van der Waals surface area contributed by atoms with Crippen molar-refractivity contribution in [2.24, 2.45) is 0 Å². The molecule has 0 unspecified atom stereocenters. The monoisotopic (exact) mass is 388 g/mol. The summed E-state index contributed by atoms with van der Waals surface area (Å²) in [5.41, 5.74) is 1.99. The van der Waals surface area contributed by atoms with Gasteiger partial charge in [0.05, 0.1) is 0 Å². The third kappa shape index (κ3) is 5.32. The fourth-order valence-corrected chi connectivity index (χ4v) is 2.87. The van der Waals surface area contributed by atoms with E-state index in [1.54, 1.807) is 48.5 Å². The molecule has 0 saturated carbocycles. The smallest absolute Gasteiger partial charge is 0.342 e. The maximum Gasteiger partial charge on any atom is 0.342 e. The molecule has 0 aromatic heterocycles. The van der Waals surface area contributed by atoms with E-state index in [1.807, 2.05) is 30.3 Å². The number of hydrogen-bond acceptors (Lipinski definition) is 4. The molecule has 1 atom stereocenters. The third-order valence-electron chi connectivity index (χ3n) is 4.83. The average molecular weight is 388 g/mol. The normalized spacial score (nSPS) is 11.5. The Bertz CT molecular complexity index is 962. The van der Waals surface area contributed by atoms with Gasteiger partial charge in [-0.15, -0.1) is 0 Å². The SMILES string of the molecule is CC[C@H](C)c1ccc(C(=O)COC(=O)c2ccccc2Oc2ccccc2)cc1. The Morgan fingerprint density at radius 3 is 2.21 bits per heavy atom. The van der Waals surface area contributed by atoms with Crippen molar-refractivity contribution in [3.05, 3.63) is 95.6 Å². The van der Waals surface area contributed by atoms with Gasteiger partial charge in [0.2, 0.25) is 0 Å². The Hall–Kier alpha value is -3.40. The lowest BCUT2D eigenvalue weighted by Crippen LogP contribution is -2.15. The van der Waals surface area contributed by atoms with Gasteiger partial charge in [-0.25, -0.2) is 4.79 Å². The number of Topliss-reactive ketones (excluding diaryl/α,β-unsaturated/α-hetero) is 1. The summed E-state index contributed by atoms with van der Waals surface area (Å²) in [6, 6.07) is 23.5. The van der Waals surface area contributed by atoms with Gasteiger partial charge in [-0.1, -0.05) is 68.4 Å². The van der Waals surface area contributed by atoms with Gasteiger partial charge in [0.1, 0.15) is 17.1 Å². The number of carbonyl (C=O) groups is 2. The van der Waals surface area contributed by atoms with Crippen LogP contribution in [0, 0.1) is 0 Å². The highest BCUT2D eigenvalue weighted by atomic mass is 16.5. The molecule has 0 aliphatic carbocycles. The van der Waals surface area contributed by atoms with Crippen LogP contribution in [0.5, 0.6) is 11.5 Å². The first-order valence-electron chi connectivity index (χ1n) is 9.70. The molecule has 0 fully saturated rings. The molecule has 0 spiro atoms. The first-order chi connectivity index (χ1) is 14.1. The van der Waals surface area contributed by atoms with Crippen molar-refractivity contribution in [2.75, 3.05) is 6.61 Å². The minimum atomic E-state index is -0.596. The van der Waals surface area contributed by atoms with Crippen molar-refractivity contribution >= 4 is 11.8 Å². The fraction of sp³-hybridized carbons (Fsp3) is 0.200. The molecule has 3 aromatic carbocycles. The standard InChI is InChI=1S/C25H24O4/c1-3-18(2)19-13-15-20(16-14-19)23(26)17-28-25(27)22-11-7-8-12-24(22)29-21-9-5-4-6-10-21/h4-16,18H,3,17H2,1-2H3/t18-/m0/s1. The molecule has 0 N–H and O–H groups in total. The molecular weight excluding hydrogens is 364 g/mol. The fourth-order valence-electron chi connectivity index (χ4n) is 2.87. The third-order valence-corrected chi connectivity index (χ3v) is 4.83. The van der Waals surface area contributed by atoms with E-state index in [4.69, 9.17) is 9.47 Å². The van der Waals surface area contributed by atoms with Crippen LogP contribution in [0.15, 0.2) is 78.9 Å². The summed E-state index contributed by atoms with van der Waals surface area (Å²) >= 11 is 0. The predicted molar refractivity (Wildman–Crippen MR) is 113 cm³/mol. The number of ketones is 1. The number of ether oxygens (including phenoxy) is 2. The van der Waals surface area contributed by atoms with Crippen molar-refractivity contribution < 1.29 is 19.1 Å². The lowest BCUT2D eigenvalue weighted by molar-refractivity contribution is 0.0472. The summed E-state index contributed by atoms with van der Waals surface area (Å²) < 4.78 is 11.0. The van der Waals surface area contributed by atoms with Crippen molar-refractivity contribution in [2.45, 2.75) is 26.2 Å². The quantitative estimate of drug-likeness (QED) is 0.349. The van der Waals surface area contributed by atoms with Crippen LogP contribution in [0.3, 0.4) is 0 Å². The molecular formula is C25H24O4. The Balaban J connectivity index is 1.64. The first-order valence-corrected chi connectivity index (χ1v) is 9.70. The highest BCUT2D eigenvalue weighted by Crippen LogP contribution is 2.25. The van der Waals surface area contributed by atoms with Crippen LogP contribution < -0.4 is 4.74 Å². The van der Waals surface area contributed by atoms with Crippen molar-refractivity contribution in [3.63, 3.8) is 0 Å². The highest BCUT2D eigenvalue weighted by Gasteiger charge is 2.17. The summed E-state index contributed by atoms with van der Waals surface area (Å²) in [5.74, 6) is 0.606. The van der Waals surface area contributed by atoms with E-state index in [1.165, 1.54) is 5.56 Å². The minimum absolute atomic E-state index is 0.240. The zero-order valence-corrected chi connectivity index (χ0v) is 16.6. The van der Waals surface area contributed by atoms with Crippen LogP contribution in [0.2, 0.25) is 0 Å². The molecule has 29 heavy (non-hydrogen) atoms. The Morgan fingerprint density at radius 1 is 0.862 bits per heavy atom. The van der Waals surface area contributed by atoms with Gasteiger partial charge in [-0.2, -0.15) is 0 Å². The van der Waals surface area contributed by atoms with Crippen molar-refractivity contribution in [1.29, 1.82) is 0 Å². The minimum Gasteiger partial charge on any atom is -0.456 e. The second-order valence-electron chi connectivity index (χ2n) is 6.84. The summed E-state index contributed by atoms with van der Waals surface area (Å²) in [6.45, 7) is 3.96. The second kappa shape index (κ2) is 9.69. The number of carbonyl (C=O) groups excluding carboxylic acids is 2. The first kappa shape index (κ1) is 20.3. The molecule has 0 heterocycles. The lowest BCUT2D eigenvalue weighted by Gasteiger charge is -2.11. The number of hydrogen-bond donors (Lipinski definition) is 0. The van der Waals surface area contributed by atoms with E-state index in [2.05, 4.69) is 13.8 Å². The molecule has 4 nitrogen and oxygen atoms in total. The van der Waals surface area contributed by atoms with Crippen LogP contribution in [0.25, 0.3) is 0 Å². The number of esters is 1. The van der Waals surface area contributed by atoms with Crippen molar-refractivity contribution in [3.8, 4) is 11.5 Å². The zero-order valence-electron chi connectivity index (χ0n) is 16.6. The van der Waals surface area contributed by atoms with Gasteiger partial charge < -0.3 is 9.47 Å². The molecule has 4 heteroatoms. The summed E-state index contributed by atoms with van der Waals surface area (Å²) in [7, 11) is 0. The van der Waals surface area contributed by atoms with Gasteiger partial charge in [0, 0.05) is 5.56 Å². The number of benzene rings is 3. The molecule has 0 radical (unpaired) electrons. The Morgan fingerprint density at radius 2 is 1.52 bits per heavy atom. The van der Waals surface area contributed by atoms with E-state index in [9.17, 15) is 9.59 Å². The van der Waals surface area contributed by atoms with E-state index >= 15 is 0 Å². The van der Waals surface area contributed by atoms with Gasteiger partial charge in [0.25, 0.3) is 0 Å². The highest BCUT2D eigenvalue weighted by molar-refractivity contribution is 6.00. The molecule has 0 aliphatic heterocycles. The molecule has 3 rings (SSSR count). The van der Waals surface area contributed by atoms with Gasteiger partial charge >= 0.3 is 5.97 Å². The topological polar surface area (TPSA) is 52.6 Å². The van der Waals surface area contributed by atoms with Crippen molar-refractivity contribution in [1.82, 2.24) is 0 Å². The van der Waals surface area contributed by atoms with Crippen LogP contribution >= 0.6 is 0 Å². The lowest BCUT2D eigenvalue weighted by atomic mass is 9.97. The number of rotatable bonds is 8. The van der Waals surface area contributed by atoms with Gasteiger partial charge in [0.15, 0.2) is 12.4 Å². The molecule has 0 amide bonds. The van der Waals surface area contributed by atoms with E-state index in [-0.39, 0.29) is 18.0 Å². The molecule has 0 saturated heterocycles. The summed E-state index contributed by atoms with van der Waals surface area (Å²) in [4.78, 5) is 24.9. The van der Waals surface area contributed by atoms with Crippen LogP contribution in [-0.2, 0) is 4.74 Å². The van der Waals surface area contributed by atoms with Gasteiger partial charge in [-0.3, -0.25) is 4.79 Å². The van der Waals surface area contributed by atoms with Gasteiger partial charge in [-0.05, 0) is 42.2 Å². The van der Waals surface area contributed by atoms with E-state index < -0.39 is 5.97 Å². The Labute approximate surface area is 171 Å².